The van der Waals surface area contributed by atoms with Crippen LogP contribution in [0.3, 0.4) is 0 Å². The maximum atomic E-state index is 5.63. The molecule has 1 aromatic carbocycles. The van der Waals surface area contributed by atoms with Crippen LogP contribution in [0.4, 0.5) is 5.69 Å². The highest BCUT2D eigenvalue weighted by Crippen LogP contribution is 2.39. The third kappa shape index (κ3) is 2.29. The van der Waals surface area contributed by atoms with Gasteiger partial charge in [-0.05, 0) is 44.5 Å². The lowest BCUT2D eigenvalue weighted by Crippen LogP contribution is -2.33. The number of benzene rings is 1. The molecule has 0 bridgehead atoms. The molecule has 0 amide bonds. The van der Waals surface area contributed by atoms with Crippen molar-refractivity contribution in [1.82, 2.24) is 0 Å². The van der Waals surface area contributed by atoms with Crippen LogP contribution < -0.4 is 11.1 Å². The standard InChI is InChI=1S/C12H18N2S/c1-8-3-4-10-12(7-8)15-11(5-6-13)9(2)14-10/h3-4,7,9,11,14H,5-6,13H2,1-2H3. The van der Waals surface area contributed by atoms with Crippen LogP contribution in [-0.4, -0.2) is 17.8 Å². The van der Waals surface area contributed by atoms with E-state index >= 15 is 0 Å². The van der Waals surface area contributed by atoms with Crippen molar-refractivity contribution < 1.29 is 0 Å². The molecule has 15 heavy (non-hydrogen) atoms. The SMILES string of the molecule is Cc1ccc2c(c1)SC(CCN)C(C)N2. The van der Waals surface area contributed by atoms with Gasteiger partial charge in [0.2, 0.25) is 0 Å². The number of fused-ring (bicyclic) bond motifs is 1. The minimum absolute atomic E-state index is 0.508. The number of hydrogen-bond acceptors (Lipinski definition) is 3. The van der Waals surface area contributed by atoms with Gasteiger partial charge in [-0.25, -0.2) is 0 Å². The molecule has 0 spiro atoms. The molecular weight excluding hydrogens is 204 g/mol. The highest BCUT2D eigenvalue weighted by Gasteiger charge is 2.24. The van der Waals surface area contributed by atoms with Gasteiger partial charge in [0.1, 0.15) is 0 Å². The summed E-state index contributed by atoms with van der Waals surface area (Å²) in [6.07, 6.45) is 1.08. The molecule has 0 aliphatic carbocycles. The smallest absolute Gasteiger partial charge is 0.0481 e. The molecule has 1 heterocycles. The largest absolute Gasteiger partial charge is 0.381 e. The molecular formula is C12H18N2S. The minimum atomic E-state index is 0.508. The van der Waals surface area contributed by atoms with E-state index < -0.39 is 0 Å². The van der Waals surface area contributed by atoms with Crippen LogP contribution in [0, 0.1) is 6.92 Å². The first-order valence-corrected chi connectivity index (χ1v) is 6.32. The molecule has 82 valence electrons. The van der Waals surface area contributed by atoms with Crippen molar-refractivity contribution in [3.05, 3.63) is 23.8 Å². The highest BCUT2D eigenvalue weighted by molar-refractivity contribution is 8.00. The molecule has 1 aromatic rings. The van der Waals surface area contributed by atoms with Gasteiger partial charge in [0.15, 0.2) is 0 Å². The van der Waals surface area contributed by atoms with Gasteiger partial charge >= 0.3 is 0 Å². The Balaban J connectivity index is 2.22. The molecule has 1 aliphatic rings. The van der Waals surface area contributed by atoms with E-state index in [1.54, 1.807) is 0 Å². The van der Waals surface area contributed by atoms with Crippen LogP contribution >= 0.6 is 11.8 Å². The fourth-order valence-electron chi connectivity index (χ4n) is 1.92. The first kappa shape index (κ1) is 10.8. The Morgan fingerprint density at radius 1 is 1.47 bits per heavy atom. The lowest BCUT2D eigenvalue weighted by molar-refractivity contribution is 0.672. The molecule has 0 saturated heterocycles. The van der Waals surface area contributed by atoms with Gasteiger partial charge in [-0.3, -0.25) is 0 Å². The number of rotatable bonds is 2. The van der Waals surface area contributed by atoms with E-state index in [-0.39, 0.29) is 0 Å². The molecule has 0 saturated carbocycles. The summed E-state index contributed by atoms with van der Waals surface area (Å²) in [5.41, 5.74) is 8.22. The first-order valence-electron chi connectivity index (χ1n) is 5.44. The van der Waals surface area contributed by atoms with Crippen molar-refractivity contribution in [2.75, 3.05) is 11.9 Å². The van der Waals surface area contributed by atoms with Gasteiger partial charge in [0.25, 0.3) is 0 Å². The number of anilines is 1. The topological polar surface area (TPSA) is 38.0 Å². The molecule has 0 radical (unpaired) electrons. The summed E-state index contributed by atoms with van der Waals surface area (Å²) in [5.74, 6) is 0. The zero-order valence-corrected chi connectivity index (χ0v) is 10.1. The van der Waals surface area contributed by atoms with Crippen LogP contribution in [0.25, 0.3) is 0 Å². The van der Waals surface area contributed by atoms with Crippen molar-refractivity contribution in [1.29, 1.82) is 0 Å². The number of nitrogens with one attached hydrogen (secondary N) is 1. The van der Waals surface area contributed by atoms with Crippen LogP contribution in [0.15, 0.2) is 23.1 Å². The molecule has 3 heteroatoms. The summed E-state index contributed by atoms with van der Waals surface area (Å²) in [4.78, 5) is 1.37. The summed E-state index contributed by atoms with van der Waals surface area (Å²) >= 11 is 1.96. The highest BCUT2D eigenvalue weighted by atomic mass is 32.2. The summed E-state index contributed by atoms with van der Waals surface area (Å²) < 4.78 is 0. The van der Waals surface area contributed by atoms with E-state index in [4.69, 9.17) is 5.73 Å². The second-order valence-corrected chi connectivity index (χ2v) is 5.45. The van der Waals surface area contributed by atoms with Crippen molar-refractivity contribution >= 4 is 17.4 Å². The Labute approximate surface area is 95.6 Å². The van der Waals surface area contributed by atoms with E-state index in [0.717, 1.165) is 13.0 Å². The van der Waals surface area contributed by atoms with Gasteiger partial charge in [-0.15, -0.1) is 11.8 Å². The van der Waals surface area contributed by atoms with E-state index in [0.29, 0.717) is 11.3 Å². The minimum Gasteiger partial charge on any atom is -0.381 e. The molecule has 1 aliphatic heterocycles. The van der Waals surface area contributed by atoms with Gasteiger partial charge in [0, 0.05) is 21.9 Å². The van der Waals surface area contributed by atoms with Crippen LogP contribution in [-0.2, 0) is 0 Å². The predicted octanol–water partition coefficient (Wildman–Crippen LogP) is 2.62. The molecule has 0 fully saturated rings. The fourth-order valence-corrected chi connectivity index (χ4v) is 3.28. The fraction of sp³-hybridized carbons (Fsp3) is 0.500. The lowest BCUT2D eigenvalue weighted by Gasteiger charge is -2.31. The third-order valence-corrected chi connectivity index (χ3v) is 4.35. The Bertz CT molecular complexity index is 351. The van der Waals surface area contributed by atoms with E-state index in [1.807, 2.05) is 11.8 Å². The van der Waals surface area contributed by atoms with Crippen molar-refractivity contribution in [2.45, 2.75) is 36.5 Å². The lowest BCUT2D eigenvalue weighted by atomic mass is 10.1. The van der Waals surface area contributed by atoms with E-state index in [9.17, 15) is 0 Å². The molecule has 2 nitrogen and oxygen atoms in total. The molecule has 0 aromatic heterocycles. The zero-order valence-electron chi connectivity index (χ0n) is 9.29. The van der Waals surface area contributed by atoms with E-state index in [2.05, 4.69) is 37.4 Å². The Hall–Kier alpha value is -0.670. The molecule has 2 atom stereocenters. The molecule has 2 unspecified atom stereocenters. The zero-order chi connectivity index (χ0) is 10.8. The summed E-state index contributed by atoms with van der Waals surface area (Å²) in [6, 6.07) is 7.09. The maximum absolute atomic E-state index is 5.63. The number of hydrogen-bond donors (Lipinski definition) is 2. The Morgan fingerprint density at radius 2 is 2.27 bits per heavy atom. The number of thioether (sulfide) groups is 1. The molecule has 3 N–H and O–H groups in total. The Kier molecular flexibility index (Phi) is 3.22. The van der Waals surface area contributed by atoms with Crippen molar-refractivity contribution in [3.8, 4) is 0 Å². The monoisotopic (exact) mass is 222 g/mol. The average Bonchev–Trinajstić information content (AvgIpc) is 2.20. The van der Waals surface area contributed by atoms with Gasteiger partial charge in [-0.2, -0.15) is 0 Å². The van der Waals surface area contributed by atoms with Gasteiger partial charge in [0.05, 0.1) is 0 Å². The van der Waals surface area contributed by atoms with Crippen LogP contribution in [0.1, 0.15) is 18.9 Å². The van der Waals surface area contributed by atoms with Crippen molar-refractivity contribution in [2.24, 2.45) is 5.73 Å². The maximum Gasteiger partial charge on any atom is 0.0481 e. The van der Waals surface area contributed by atoms with Crippen LogP contribution in [0.2, 0.25) is 0 Å². The number of aryl methyl sites for hydroxylation is 1. The first-order chi connectivity index (χ1) is 7.20. The predicted molar refractivity (Wildman–Crippen MR) is 67.6 cm³/mol. The second-order valence-electron chi connectivity index (χ2n) is 4.17. The number of nitrogens with two attached hydrogens (primary N) is 1. The van der Waals surface area contributed by atoms with Crippen LogP contribution in [0.5, 0.6) is 0 Å². The van der Waals surface area contributed by atoms with E-state index in [1.165, 1.54) is 16.1 Å². The average molecular weight is 222 g/mol. The summed E-state index contributed by atoms with van der Waals surface area (Å²) in [5, 5.41) is 4.15. The quantitative estimate of drug-likeness (QED) is 0.808. The normalized spacial score (nSPS) is 24.5. The summed E-state index contributed by atoms with van der Waals surface area (Å²) in [6.45, 7) is 5.14. The Morgan fingerprint density at radius 3 is 3.00 bits per heavy atom. The molecule has 2 rings (SSSR count). The third-order valence-electron chi connectivity index (χ3n) is 2.81. The van der Waals surface area contributed by atoms with Gasteiger partial charge < -0.3 is 11.1 Å². The van der Waals surface area contributed by atoms with Crippen molar-refractivity contribution in [3.63, 3.8) is 0 Å². The summed E-state index contributed by atoms with van der Waals surface area (Å²) in [7, 11) is 0. The second kappa shape index (κ2) is 4.45. The van der Waals surface area contributed by atoms with Gasteiger partial charge in [-0.1, -0.05) is 6.07 Å².